The predicted molar refractivity (Wildman–Crippen MR) is 52.1 cm³/mol. The van der Waals surface area contributed by atoms with Gasteiger partial charge in [0, 0.05) is 19.2 Å². The number of aromatic nitrogens is 1. The minimum Gasteiger partial charge on any atom is -0.464 e. The Morgan fingerprint density at radius 2 is 2.29 bits per heavy atom. The summed E-state index contributed by atoms with van der Waals surface area (Å²) in [5.41, 5.74) is 1.42. The van der Waals surface area contributed by atoms with Gasteiger partial charge in [0.1, 0.15) is 5.69 Å². The summed E-state index contributed by atoms with van der Waals surface area (Å²) < 4.78 is 6.35. The fraction of sp³-hybridized carbons (Fsp3) is 0.500. The van der Waals surface area contributed by atoms with Crippen molar-refractivity contribution in [1.82, 2.24) is 4.57 Å². The fourth-order valence-electron chi connectivity index (χ4n) is 1.37. The average Bonchev–Trinajstić information content (AvgIpc) is 2.46. The van der Waals surface area contributed by atoms with Crippen LogP contribution in [0.2, 0.25) is 0 Å². The third kappa shape index (κ3) is 2.14. The number of ether oxygens (including phenoxy) is 1. The molecule has 78 valence electrons. The van der Waals surface area contributed by atoms with Crippen molar-refractivity contribution in [3.8, 4) is 0 Å². The Morgan fingerprint density at radius 1 is 1.64 bits per heavy atom. The molecule has 0 fully saturated rings. The van der Waals surface area contributed by atoms with Crippen LogP contribution in [0.5, 0.6) is 0 Å². The quantitative estimate of drug-likeness (QED) is 0.727. The highest BCUT2D eigenvalue weighted by molar-refractivity contribution is 5.87. The molecule has 0 spiro atoms. The Morgan fingerprint density at radius 3 is 2.79 bits per heavy atom. The van der Waals surface area contributed by atoms with E-state index in [4.69, 9.17) is 0 Å². The number of rotatable bonds is 3. The Balaban J connectivity index is 2.90. The second-order valence-electron chi connectivity index (χ2n) is 3.31. The van der Waals surface area contributed by atoms with Gasteiger partial charge >= 0.3 is 5.97 Å². The van der Waals surface area contributed by atoms with Crippen LogP contribution >= 0.6 is 0 Å². The molecular weight excluding hydrogens is 182 g/mol. The van der Waals surface area contributed by atoms with Gasteiger partial charge in [-0.05, 0) is 19.1 Å². The molecule has 0 saturated carbocycles. The third-order valence-corrected chi connectivity index (χ3v) is 2.12. The largest absolute Gasteiger partial charge is 0.464 e. The number of nitrogens with zero attached hydrogens (tertiary/aromatic N) is 1. The number of hydrogen-bond acceptors (Lipinski definition) is 3. The lowest BCUT2D eigenvalue weighted by molar-refractivity contribution is 0.0589. The molecule has 0 aliphatic carbocycles. The van der Waals surface area contributed by atoms with Crippen LogP contribution in [-0.2, 0) is 18.2 Å². The van der Waals surface area contributed by atoms with Crippen LogP contribution in [-0.4, -0.2) is 28.9 Å². The first kappa shape index (κ1) is 10.8. The highest BCUT2D eigenvalue weighted by Gasteiger charge is 2.13. The molecule has 1 aromatic heterocycles. The molecule has 1 heterocycles. The third-order valence-electron chi connectivity index (χ3n) is 2.12. The van der Waals surface area contributed by atoms with Gasteiger partial charge in [0.2, 0.25) is 0 Å². The smallest absolute Gasteiger partial charge is 0.354 e. The Bertz CT molecular complexity index is 328. The highest BCUT2D eigenvalue weighted by Crippen LogP contribution is 2.10. The van der Waals surface area contributed by atoms with Crippen molar-refractivity contribution >= 4 is 5.97 Å². The SMILES string of the molecule is COC(=O)c1ccc(CC(C)O)n1C. The van der Waals surface area contributed by atoms with Crippen LogP contribution in [0.1, 0.15) is 23.1 Å². The van der Waals surface area contributed by atoms with E-state index in [0.29, 0.717) is 12.1 Å². The number of carbonyl (C=O) groups is 1. The van der Waals surface area contributed by atoms with Crippen molar-refractivity contribution in [1.29, 1.82) is 0 Å². The summed E-state index contributed by atoms with van der Waals surface area (Å²) in [4.78, 5) is 11.2. The monoisotopic (exact) mass is 197 g/mol. The maximum atomic E-state index is 11.2. The molecule has 1 rings (SSSR count). The zero-order valence-corrected chi connectivity index (χ0v) is 8.65. The van der Waals surface area contributed by atoms with Crippen molar-refractivity contribution in [2.75, 3.05) is 7.11 Å². The van der Waals surface area contributed by atoms with Gasteiger partial charge in [0.05, 0.1) is 13.2 Å². The van der Waals surface area contributed by atoms with Gasteiger partial charge in [-0.15, -0.1) is 0 Å². The number of carbonyl (C=O) groups excluding carboxylic acids is 1. The first-order valence-electron chi connectivity index (χ1n) is 4.47. The van der Waals surface area contributed by atoms with Crippen molar-refractivity contribution in [3.05, 3.63) is 23.5 Å². The topological polar surface area (TPSA) is 51.5 Å². The molecule has 1 aromatic rings. The van der Waals surface area contributed by atoms with Gasteiger partial charge in [0.15, 0.2) is 0 Å². The first-order valence-corrected chi connectivity index (χ1v) is 4.47. The molecule has 0 aromatic carbocycles. The van der Waals surface area contributed by atoms with E-state index in [0.717, 1.165) is 5.69 Å². The van der Waals surface area contributed by atoms with Crippen molar-refractivity contribution in [3.63, 3.8) is 0 Å². The molecule has 1 N–H and O–H groups in total. The van der Waals surface area contributed by atoms with Crippen LogP contribution in [0.3, 0.4) is 0 Å². The van der Waals surface area contributed by atoms with Crippen LogP contribution in [0.25, 0.3) is 0 Å². The average molecular weight is 197 g/mol. The standard InChI is InChI=1S/C10H15NO3/c1-7(12)6-8-4-5-9(11(8)2)10(13)14-3/h4-5,7,12H,6H2,1-3H3. The summed E-state index contributed by atoms with van der Waals surface area (Å²) in [7, 11) is 3.13. The zero-order valence-electron chi connectivity index (χ0n) is 8.65. The van der Waals surface area contributed by atoms with Crippen LogP contribution in [0.15, 0.2) is 12.1 Å². The summed E-state index contributed by atoms with van der Waals surface area (Å²) >= 11 is 0. The van der Waals surface area contributed by atoms with E-state index in [1.54, 1.807) is 24.6 Å². The zero-order chi connectivity index (χ0) is 10.7. The van der Waals surface area contributed by atoms with E-state index in [2.05, 4.69) is 4.74 Å². The number of aliphatic hydroxyl groups excluding tert-OH is 1. The fourth-order valence-corrected chi connectivity index (χ4v) is 1.37. The molecule has 0 aliphatic heterocycles. The Labute approximate surface area is 83.1 Å². The van der Waals surface area contributed by atoms with Gasteiger partial charge in [-0.1, -0.05) is 0 Å². The molecule has 14 heavy (non-hydrogen) atoms. The summed E-state index contributed by atoms with van der Waals surface area (Å²) in [6, 6.07) is 3.52. The maximum Gasteiger partial charge on any atom is 0.354 e. The van der Waals surface area contributed by atoms with E-state index < -0.39 is 6.10 Å². The van der Waals surface area contributed by atoms with Gasteiger partial charge in [0.25, 0.3) is 0 Å². The number of hydrogen-bond donors (Lipinski definition) is 1. The number of aliphatic hydroxyl groups is 1. The molecule has 0 amide bonds. The highest BCUT2D eigenvalue weighted by atomic mass is 16.5. The van der Waals surface area contributed by atoms with Gasteiger partial charge in [-0.25, -0.2) is 4.79 Å². The van der Waals surface area contributed by atoms with E-state index >= 15 is 0 Å². The molecule has 0 bridgehead atoms. The van der Waals surface area contributed by atoms with Crippen molar-refractivity contribution in [2.45, 2.75) is 19.4 Å². The lowest BCUT2D eigenvalue weighted by atomic mass is 10.2. The Kier molecular flexibility index (Phi) is 3.30. The lowest BCUT2D eigenvalue weighted by Gasteiger charge is -2.07. The minimum atomic E-state index is -0.408. The minimum absolute atomic E-state index is 0.357. The molecule has 0 aliphatic rings. The molecule has 1 unspecified atom stereocenters. The molecule has 4 heteroatoms. The summed E-state index contributed by atoms with van der Waals surface area (Å²) in [6.07, 6.45) is 0.127. The van der Waals surface area contributed by atoms with E-state index in [-0.39, 0.29) is 5.97 Å². The molecule has 1 atom stereocenters. The van der Waals surface area contributed by atoms with E-state index in [1.807, 2.05) is 6.07 Å². The number of esters is 1. The molecule has 0 saturated heterocycles. The van der Waals surface area contributed by atoms with Gasteiger partial charge < -0.3 is 14.4 Å². The normalized spacial score (nSPS) is 12.6. The van der Waals surface area contributed by atoms with Gasteiger partial charge in [-0.2, -0.15) is 0 Å². The summed E-state index contributed by atoms with van der Waals surface area (Å²) in [6.45, 7) is 1.71. The number of methoxy groups -OCH3 is 1. The van der Waals surface area contributed by atoms with Crippen LogP contribution < -0.4 is 0 Å². The van der Waals surface area contributed by atoms with Gasteiger partial charge in [-0.3, -0.25) is 0 Å². The second kappa shape index (κ2) is 4.28. The van der Waals surface area contributed by atoms with Crippen molar-refractivity contribution < 1.29 is 14.6 Å². The lowest BCUT2D eigenvalue weighted by Crippen LogP contribution is -2.12. The van der Waals surface area contributed by atoms with Crippen LogP contribution in [0.4, 0.5) is 0 Å². The molecule has 4 nitrogen and oxygen atoms in total. The summed E-state index contributed by atoms with van der Waals surface area (Å²) in [5.74, 6) is -0.357. The molecule has 0 radical (unpaired) electrons. The van der Waals surface area contributed by atoms with E-state index in [9.17, 15) is 9.90 Å². The van der Waals surface area contributed by atoms with Crippen LogP contribution in [0, 0.1) is 0 Å². The summed E-state index contributed by atoms with van der Waals surface area (Å²) in [5, 5.41) is 9.21. The predicted octanol–water partition coefficient (Wildman–Crippen LogP) is 0.735. The van der Waals surface area contributed by atoms with E-state index in [1.165, 1.54) is 7.11 Å². The first-order chi connectivity index (χ1) is 6.56. The Hall–Kier alpha value is -1.29. The maximum absolute atomic E-state index is 11.2. The second-order valence-corrected chi connectivity index (χ2v) is 3.31. The molecular formula is C10H15NO3. The van der Waals surface area contributed by atoms with Crippen molar-refractivity contribution in [2.24, 2.45) is 7.05 Å².